The first kappa shape index (κ1) is 18.4. The first-order valence-electron chi connectivity index (χ1n) is 8.45. The van der Waals surface area contributed by atoms with E-state index in [9.17, 15) is 4.79 Å². The van der Waals surface area contributed by atoms with Gasteiger partial charge < -0.3 is 15.1 Å². The molecular formula is C16H34N4O. The van der Waals surface area contributed by atoms with Gasteiger partial charge in [0.25, 0.3) is 0 Å². The molecule has 21 heavy (non-hydrogen) atoms. The Hall–Kier alpha value is -0.650. The molecular weight excluding hydrogens is 264 g/mol. The Morgan fingerprint density at radius 1 is 1.19 bits per heavy atom. The Bertz CT molecular complexity index is 284. The van der Waals surface area contributed by atoms with Gasteiger partial charge in [0, 0.05) is 33.2 Å². The van der Waals surface area contributed by atoms with Crippen molar-refractivity contribution < 1.29 is 4.79 Å². The first-order valence-corrected chi connectivity index (χ1v) is 8.45. The van der Waals surface area contributed by atoms with E-state index in [0.29, 0.717) is 12.6 Å². The topological polar surface area (TPSA) is 38.8 Å². The first-order chi connectivity index (χ1) is 10.1. The molecule has 1 saturated heterocycles. The highest BCUT2D eigenvalue weighted by Crippen LogP contribution is 2.10. The van der Waals surface area contributed by atoms with Gasteiger partial charge in [-0.15, -0.1) is 0 Å². The summed E-state index contributed by atoms with van der Waals surface area (Å²) < 4.78 is 0. The van der Waals surface area contributed by atoms with E-state index in [2.05, 4.69) is 29.0 Å². The van der Waals surface area contributed by atoms with Gasteiger partial charge in [0.05, 0.1) is 6.54 Å². The second-order valence-corrected chi connectivity index (χ2v) is 6.17. The standard InChI is InChI=1S/C16H34N4O/c1-5-19(6-2)11-7-10-17-15-8-12-20(13-9-15)14-16(21)18(3)4/h15,17H,5-14H2,1-4H3. The summed E-state index contributed by atoms with van der Waals surface area (Å²) in [5.41, 5.74) is 0. The Kier molecular flexibility index (Phi) is 8.88. The molecule has 0 spiro atoms. The second-order valence-electron chi connectivity index (χ2n) is 6.17. The van der Waals surface area contributed by atoms with Crippen molar-refractivity contribution >= 4 is 5.91 Å². The highest BCUT2D eigenvalue weighted by atomic mass is 16.2. The van der Waals surface area contributed by atoms with Crippen LogP contribution in [-0.2, 0) is 4.79 Å². The molecule has 0 aromatic rings. The summed E-state index contributed by atoms with van der Waals surface area (Å²) in [6.07, 6.45) is 3.54. The predicted molar refractivity (Wildman–Crippen MR) is 88.6 cm³/mol. The highest BCUT2D eigenvalue weighted by Gasteiger charge is 2.20. The number of hydrogen-bond acceptors (Lipinski definition) is 4. The van der Waals surface area contributed by atoms with Crippen LogP contribution in [0.25, 0.3) is 0 Å². The zero-order valence-electron chi connectivity index (χ0n) is 14.4. The van der Waals surface area contributed by atoms with E-state index >= 15 is 0 Å². The molecule has 0 saturated carbocycles. The number of hydrogen-bond donors (Lipinski definition) is 1. The molecule has 1 heterocycles. The van der Waals surface area contributed by atoms with E-state index in [0.717, 1.165) is 45.6 Å². The quantitative estimate of drug-likeness (QED) is 0.641. The summed E-state index contributed by atoms with van der Waals surface area (Å²) in [5, 5.41) is 3.67. The molecule has 1 aliphatic rings. The van der Waals surface area contributed by atoms with Gasteiger partial charge in [-0.05, 0) is 45.4 Å². The number of piperidine rings is 1. The van der Waals surface area contributed by atoms with Crippen LogP contribution in [0.4, 0.5) is 0 Å². The lowest BCUT2D eigenvalue weighted by Gasteiger charge is -2.32. The van der Waals surface area contributed by atoms with Crippen LogP contribution in [0.5, 0.6) is 0 Å². The van der Waals surface area contributed by atoms with Crippen LogP contribution in [0.3, 0.4) is 0 Å². The molecule has 0 aromatic carbocycles. The Balaban J connectivity index is 2.09. The minimum absolute atomic E-state index is 0.209. The molecule has 0 unspecified atom stereocenters. The van der Waals surface area contributed by atoms with Gasteiger partial charge in [-0.2, -0.15) is 0 Å². The zero-order chi connectivity index (χ0) is 15.7. The molecule has 0 aromatic heterocycles. The van der Waals surface area contributed by atoms with E-state index in [1.807, 2.05) is 14.1 Å². The minimum atomic E-state index is 0.209. The van der Waals surface area contributed by atoms with Crippen molar-refractivity contribution in [3.05, 3.63) is 0 Å². The minimum Gasteiger partial charge on any atom is -0.348 e. The number of nitrogens with one attached hydrogen (secondary N) is 1. The maximum absolute atomic E-state index is 11.7. The van der Waals surface area contributed by atoms with Gasteiger partial charge in [-0.3, -0.25) is 9.69 Å². The van der Waals surface area contributed by atoms with E-state index in [4.69, 9.17) is 0 Å². The largest absolute Gasteiger partial charge is 0.348 e. The van der Waals surface area contributed by atoms with Crippen molar-refractivity contribution in [2.24, 2.45) is 0 Å². The van der Waals surface area contributed by atoms with Gasteiger partial charge in [-0.1, -0.05) is 13.8 Å². The Morgan fingerprint density at radius 3 is 2.33 bits per heavy atom. The number of amides is 1. The number of rotatable bonds is 9. The molecule has 1 aliphatic heterocycles. The lowest BCUT2D eigenvalue weighted by molar-refractivity contribution is -0.130. The molecule has 124 valence electrons. The zero-order valence-corrected chi connectivity index (χ0v) is 14.4. The molecule has 0 radical (unpaired) electrons. The average Bonchev–Trinajstić information content (AvgIpc) is 2.49. The summed E-state index contributed by atoms with van der Waals surface area (Å²) in [6, 6.07) is 0.632. The number of carbonyl (C=O) groups excluding carboxylic acids is 1. The van der Waals surface area contributed by atoms with E-state index in [-0.39, 0.29) is 5.91 Å². The van der Waals surface area contributed by atoms with Crippen LogP contribution in [0, 0.1) is 0 Å². The van der Waals surface area contributed by atoms with Gasteiger partial charge >= 0.3 is 0 Å². The number of nitrogens with zero attached hydrogens (tertiary/aromatic N) is 3. The Morgan fingerprint density at radius 2 is 1.81 bits per heavy atom. The predicted octanol–water partition coefficient (Wildman–Crippen LogP) is 0.861. The summed E-state index contributed by atoms with van der Waals surface area (Å²) in [5.74, 6) is 0.209. The van der Waals surface area contributed by atoms with Crippen LogP contribution in [0.15, 0.2) is 0 Å². The molecule has 1 rings (SSSR count). The van der Waals surface area contributed by atoms with Gasteiger partial charge in [0.15, 0.2) is 0 Å². The van der Waals surface area contributed by atoms with Crippen molar-refractivity contribution in [1.82, 2.24) is 20.0 Å². The van der Waals surface area contributed by atoms with Gasteiger partial charge in [0.2, 0.25) is 5.91 Å². The molecule has 0 atom stereocenters. The normalized spacial score (nSPS) is 17.4. The van der Waals surface area contributed by atoms with Crippen molar-refractivity contribution in [2.75, 3.05) is 59.9 Å². The third-order valence-electron chi connectivity index (χ3n) is 4.42. The SMILES string of the molecule is CCN(CC)CCCNC1CCN(CC(=O)N(C)C)CC1. The fraction of sp³-hybridized carbons (Fsp3) is 0.938. The number of carbonyl (C=O) groups is 1. The second kappa shape index (κ2) is 10.1. The van der Waals surface area contributed by atoms with Crippen molar-refractivity contribution in [3.63, 3.8) is 0 Å². The third-order valence-corrected chi connectivity index (χ3v) is 4.42. The average molecular weight is 298 g/mol. The van der Waals surface area contributed by atoms with E-state index in [1.54, 1.807) is 4.90 Å². The van der Waals surface area contributed by atoms with Crippen LogP contribution in [0.2, 0.25) is 0 Å². The molecule has 1 N–H and O–H groups in total. The van der Waals surface area contributed by atoms with Crippen LogP contribution >= 0.6 is 0 Å². The van der Waals surface area contributed by atoms with Crippen molar-refractivity contribution in [2.45, 2.75) is 39.2 Å². The maximum Gasteiger partial charge on any atom is 0.236 e. The molecule has 5 heteroatoms. The molecule has 5 nitrogen and oxygen atoms in total. The molecule has 0 bridgehead atoms. The summed E-state index contributed by atoms with van der Waals surface area (Å²) >= 11 is 0. The lowest BCUT2D eigenvalue weighted by Crippen LogP contribution is -2.46. The fourth-order valence-corrected chi connectivity index (χ4v) is 2.78. The van der Waals surface area contributed by atoms with Crippen LogP contribution < -0.4 is 5.32 Å². The third kappa shape index (κ3) is 7.25. The Labute approximate surface area is 130 Å². The summed E-state index contributed by atoms with van der Waals surface area (Å²) in [7, 11) is 3.65. The van der Waals surface area contributed by atoms with Gasteiger partial charge in [-0.25, -0.2) is 0 Å². The van der Waals surface area contributed by atoms with Crippen molar-refractivity contribution in [3.8, 4) is 0 Å². The molecule has 1 amide bonds. The molecule has 0 aliphatic carbocycles. The smallest absolute Gasteiger partial charge is 0.236 e. The monoisotopic (exact) mass is 298 g/mol. The van der Waals surface area contributed by atoms with Gasteiger partial charge in [0.1, 0.15) is 0 Å². The lowest BCUT2D eigenvalue weighted by atomic mass is 10.0. The van der Waals surface area contributed by atoms with Crippen LogP contribution in [0.1, 0.15) is 33.1 Å². The molecule has 1 fully saturated rings. The number of likely N-dealkylation sites (tertiary alicyclic amines) is 1. The summed E-state index contributed by atoms with van der Waals surface area (Å²) in [4.78, 5) is 18.1. The van der Waals surface area contributed by atoms with Crippen LogP contribution in [-0.4, -0.2) is 86.6 Å². The number of likely N-dealkylation sites (N-methyl/N-ethyl adjacent to an activating group) is 1. The maximum atomic E-state index is 11.7. The summed E-state index contributed by atoms with van der Waals surface area (Å²) in [6.45, 7) is 11.7. The fourth-order valence-electron chi connectivity index (χ4n) is 2.78. The van der Waals surface area contributed by atoms with E-state index < -0.39 is 0 Å². The van der Waals surface area contributed by atoms with Crippen molar-refractivity contribution in [1.29, 1.82) is 0 Å². The van der Waals surface area contributed by atoms with E-state index in [1.165, 1.54) is 13.0 Å². The highest BCUT2D eigenvalue weighted by molar-refractivity contribution is 5.77.